The van der Waals surface area contributed by atoms with E-state index in [1.54, 1.807) is 24.3 Å². The molecule has 3 nitrogen and oxygen atoms in total. The molecule has 3 aromatic carbocycles. The number of hydrogen-bond acceptors (Lipinski definition) is 2. The summed E-state index contributed by atoms with van der Waals surface area (Å²) in [6, 6.07) is 21.4. The van der Waals surface area contributed by atoms with E-state index in [9.17, 15) is 9.18 Å². The third kappa shape index (κ3) is 4.73. The van der Waals surface area contributed by atoms with Crippen molar-refractivity contribution in [3.05, 3.63) is 95.3 Å². The molecule has 138 valence electrons. The largest absolute Gasteiger partial charge is 0.488 e. The second-order valence-electron chi connectivity index (χ2n) is 6.62. The zero-order valence-corrected chi connectivity index (χ0v) is 15.4. The van der Waals surface area contributed by atoms with Crippen LogP contribution in [0.15, 0.2) is 72.8 Å². The van der Waals surface area contributed by atoms with Crippen LogP contribution < -0.4 is 10.1 Å². The van der Waals surface area contributed by atoms with Gasteiger partial charge in [-0.25, -0.2) is 4.39 Å². The van der Waals surface area contributed by atoms with Crippen molar-refractivity contribution in [3.8, 4) is 5.75 Å². The molecule has 0 radical (unpaired) electrons. The van der Waals surface area contributed by atoms with E-state index in [0.29, 0.717) is 17.9 Å². The third-order valence-corrected chi connectivity index (χ3v) is 4.27. The number of rotatable bonds is 6. The first kappa shape index (κ1) is 18.6. The monoisotopic (exact) mass is 363 g/mol. The smallest absolute Gasteiger partial charge is 0.259 e. The van der Waals surface area contributed by atoms with Gasteiger partial charge in [-0.3, -0.25) is 4.79 Å². The molecule has 3 rings (SSSR count). The molecule has 0 aromatic heterocycles. The van der Waals surface area contributed by atoms with Crippen molar-refractivity contribution in [2.75, 3.05) is 5.32 Å². The minimum absolute atomic E-state index is 0.145. The van der Waals surface area contributed by atoms with E-state index in [0.717, 1.165) is 11.1 Å². The lowest BCUT2D eigenvalue weighted by molar-refractivity contribution is 0.102. The zero-order chi connectivity index (χ0) is 19.2. The van der Waals surface area contributed by atoms with E-state index in [-0.39, 0.29) is 11.6 Å². The number of para-hydroxylation sites is 1. The quantitative estimate of drug-likeness (QED) is 0.603. The first-order valence-corrected chi connectivity index (χ1v) is 8.91. The Labute approximate surface area is 158 Å². The van der Waals surface area contributed by atoms with Gasteiger partial charge in [-0.05, 0) is 41.3 Å². The Hall–Kier alpha value is -3.14. The van der Waals surface area contributed by atoms with Crippen LogP contribution in [-0.4, -0.2) is 5.91 Å². The molecule has 1 amide bonds. The average molecular weight is 363 g/mol. The van der Waals surface area contributed by atoms with Crippen LogP contribution in [0.4, 0.5) is 10.1 Å². The molecule has 4 heteroatoms. The van der Waals surface area contributed by atoms with Gasteiger partial charge in [0.05, 0.1) is 11.3 Å². The Morgan fingerprint density at radius 1 is 1.00 bits per heavy atom. The van der Waals surface area contributed by atoms with Gasteiger partial charge in [0, 0.05) is 0 Å². The molecule has 0 aliphatic carbocycles. The van der Waals surface area contributed by atoms with Gasteiger partial charge < -0.3 is 10.1 Å². The molecule has 0 saturated heterocycles. The van der Waals surface area contributed by atoms with E-state index >= 15 is 0 Å². The summed E-state index contributed by atoms with van der Waals surface area (Å²) in [5, 5.41) is 2.64. The molecule has 3 aromatic rings. The Morgan fingerprint density at radius 3 is 2.41 bits per heavy atom. The predicted molar refractivity (Wildman–Crippen MR) is 106 cm³/mol. The first-order chi connectivity index (χ1) is 13.0. The number of carbonyl (C=O) groups excluding carboxylic acids is 1. The molecule has 0 unspecified atom stereocenters. The SMILES string of the molecule is CC(C)c1ccc(OCc2ccccc2)c(C(=O)Nc2ccccc2F)c1. The lowest BCUT2D eigenvalue weighted by atomic mass is 10.00. The fourth-order valence-corrected chi connectivity index (χ4v) is 2.70. The Kier molecular flexibility index (Phi) is 5.87. The second-order valence-corrected chi connectivity index (χ2v) is 6.62. The van der Waals surface area contributed by atoms with E-state index in [4.69, 9.17) is 4.74 Å². The molecule has 0 atom stereocenters. The number of ether oxygens (including phenoxy) is 1. The van der Waals surface area contributed by atoms with Gasteiger partial charge in [0.25, 0.3) is 5.91 Å². The summed E-state index contributed by atoms with van der Waals surface area (Å²) in [5.74, 6) is -0.145. The van der Waals surface area contributed by atoms with Crippen molar-refractivity contribution in [3.63, 3.8) is 0 Å². The number of halogens is 1. The van der Waals surface area contributed by atoms with Gasteiger partial charge in [-0.1, -0.05) is 62.4 Å². The molecule has 0 aliphatic rings. The topological polar surface area (TPSA) is 38.3 Å². The molecule has 1 N–H and O–H groups in total. The van der Waals surface area contributed by atoms with Crippen LogP contribution in [-0.2, 0) is 6.61 Å². The molecule has 0 aliphatic heterocycles. The maximum absolute atomic E-state index is 13.9. The molecule has 27 heavy (non-hydrogen) atoms. The lowest BCUT2D eigenvalue weighted by Gasteiger charge is -2.15. The molecular formula is C23H22FNO2. The van der Waals surface area contributed by atoms with Crippen molar-refractivity contribution in [1.29, 1.82) is 0 Å². The highest BCUT2D eigenvalue weighted by molar-refractivity contribution is 6.06. The summed E-state index contributed by atoms with van der Waals surface area (Å²) >= 11 is 0. The number of nitrogens with one attached hydrogen (secondary N) is 1. The molecule has 0 spiro atoms. The fourth-order valence-electron chi connectivity index (χ4n) is 2.70. The maximum Gasteiger partial charge on any atom is 0.259 e. The van der Waals surface area contributed by atoms with Crippen LogP contribution in [0.2, 0.25) is 0 Å². The number of benzene rings is 3. The van der Waals surface area contributed by atoms with Gasteiger partial charge >= 0.3 is 0 Å². The standard InChI is InChI=1S/C23H22FNO2/c1-16(2)18-12-13-22(27-15-17-8-4-3-5-9-17)19(14-18)23(26)25-21-11-7-6-10-20(21)24/h3-14,16H,15H2,1-2H3,(H,25,26). The lowest BCUT2D eigenvalue weighted by Crippen LogP contribution is -2.15. The van der Waals surface area contributed by atoms with Crippen molar-refractivity contribution in [1.82, 2.24) is 0 Å². The highest BCUT2D eigenvalue weighted by Crippen LogP contribution is 2.26. The summed E-state index contributed by atoms with van der Waals surface area (Å²) in [6.07, 6.45) is 0. The van der Waals surface area contributed by atoms with Gasteiger partial charge in [0.2, 0.25) is 0 Å². The number of carbonyl (C=O) groups is 1. The van der Waals surface area contributed by atoms with Crippen LogP contribution >= 0.6 is 0 Å². The first-order valence-electron chi connectivity index (χ1n) is 8.91. The highest BCUT2D eigenvalue weighted by atomic mass is 19.1. The second kappa shape index (κ2) is 8.49. The fraction of sp³-hybridized carbons (Fsp3) is 0.174. The summed E-state index contributed by atoms with van der Waals surface area (Å²) in [4.78, 5) is 12.8. The third-order valence-electron chi connectivity index (χ3n) is 4.27. The number of amides is 1. The average Bonchev–Trinajstić information content (AvgIpc) is 2.68. The van der Waals surface area contributed by atoms with E-state index in [1.807, 2.05) is 36.4 Å². The van der Waals surface area contributed by atoms with Crippen LogP contribution in [0.5, 0.6) is 5.75 Å². The molecule has 0 heterocycles. The highest BCUT2D eigenvalue weighted by Gasteiger charge is 2.16. The van der Waals surface area contributed by atoms with Gasteiger partial charge in [0.15, 0.2) is 0 Å². The summed E-state index contributed by atoms with van der Waals surface area (Å²) in [6.45, 7) is 4.46. The Balaban J connectivity index is 1.87. The van der Waals surface area contributed by atoms with Crippen LogP contribution in [0.25, 0.3) is 0 Å². The minimum Gasteiger partial charge on any atom is -0.488 e. The van der Waals surface area contributed by atoms with Crippen LogP contribution in [0.3, 0.4) is 0 Å². The maximum atomic E-state index is 13.9. The predicted octanol–water partition coefficient (Wildman–Crippen LogP) is 5.78. The molecule has 0 fully saturated rings. The summed E-state index contributed by atoms with van der Waals surface area (Å²) in [7, 11) is 0. The molecular weight excluding hydrogens is 341 g/mol. The molecule has 0 bridgehead atoms. The van der Waals surface area contributed by atoms with Gasteiger partial charge in [-0.15, -0.1) is 0 Å². The van der Waals surface area contributed by atoms with Crippen molar-refractivity contribution >= 4 is 11.6 Å². The van der Waals surface area contributed by atoms with E-state index in [1.165, 1.54) is 12.1 Å². The molecule has 0 saturated carbocycles. The van der Waals surface area contributed by atoms with E-state index < -0.39 is 11.7 Å². The summed E-state index contributed by atoms with van der Waals surface area (Å²) in [5.41, 5.74) is 2.55. The van der Waals surface area contributed by atoms with Gasteiger partial charge in [0.1, 0.15) is 18.2 Å². The van der Waals surface area contributed by atoms with E-state index in [2.05, 4.69) is 19.2 Å². The van der Waals surface area contributed by atoms with Crippen LogP contribution in [0.1, 0.15) is 41.3 Å². The normalized spacial score (nSPS) is 10.7. The number of hydrogen-bond donors (Lipinski definition) is 1. The Morgan fingerprint density at radius 2 is 1.70 bits per heavy atom. The number of anilines is 1. The minimum atomic E-state index is -0.474. The van der Waals surface area contributed by atoms with Gasteiger partial charge in [-0.2, -0.15) is 0 Å². The zero-order valence-electron chi connectivity index (χ0n) is 15.4. The van der Waals surface area contributed by atoms with Crippen LogP contribution in [0, 0.1) is 5.82 Å². The van der Waals surface area contributed by atoms with Crippen molar-refractivity contribution in [2.24, 2.45) is 0 Å². The Bertz CT molecular complexity index is 923. The summed E-state index contributed by atoms with van der Waals surface area (Å²) < 4.78 is 19.8. The van der Waals surface area contributed by atoms with Crippen molar-refractivity contribution < 1.29 is 13.9 Å². The van der Waals surface area contributed by atoms with Crippen molar-refractivity contribution in [2.45, 2.75) is 26.4 Å².